The average Bonchev–Trinajstić information content (AvgIpc) is 2.97. The van der Waals surface area contributed by atoms with Gasteiger partial charge in [-0.15, -0.1) is 0 Å². The highest BCUT2D eigenvalue weighted by atomic mass is 16.5. The standard InChI is InChI=1S/C15H10N2O2/c16-8-11-9-17-14-6-2-1-5-13(14)15(11)19-10-12-4-3-7-18-12/h1-7,9H,10H2. The van der Waals surface area contributed by atoms with Crippen LogP contribution < -0.4 is 4.74 Å². The maximum absolute atomic E-state index is 9.14. The number of pyridine rings is 1. The quantitative estimate of drug-likeness (QED) is 0.715. The van der Waals surface area contributed by atoms with Crippen molar-refractivity contribution in [3.05, 3.63) is 60.2 Å². The van der Waals surface area contributed by atoms with Gasteiger partial charge < -0.3 is 9.15 Å². The van der Waals surface area contributed by atoms with Crippen LogP contribution in [0, 0.1) is 11.3 Å². The lowest BCUT2D eigenvalue weighted by Gasteiger charge is -2.09. The predicted octanol–water partition coefficient (Wildman–Crippen LogP) is 3.28. The Hall–Kier alpha value is -2.80. The predicted molar refractivity (Wildman–Crippen MR) is 69.5 cm³/mol. The zero-order chi connectivity index (χ0) is 13.1. The summed E-state index contributed by atoms with van der Waals surface area (Å²) in [6, 6.07) is 13.3. The number of ether oxygens (including phenoxy) is 1. The van der Waals surface area contributed by atoms with Crippen LogP contribution in [0.2, 0.25) is 0 Å². The highest BCUT2D eigenvalue weighted by molar-refractivity contribution is 5.87. The van der Waals surface area contributed by atoms with E-state index >= 15 is 0 Å². The topological polar surface area (TPSA) is 59.0 Å². The Bertz CT molecular complexity index is 742. The van der Waals surface area contributed by atoms with Gasteiger partial charge in [0.1, 0.15) is 29.7 Å². The molecule has 0 aliphatic heterocycles. The van der Waals surface area contributed by atoms with Gasteiger partial charge in [-0.3, -0.25) is 4.98 Å². The van der Waals surface area contributed by atoms with Gasteiger partial charge in [0.25, 0.3) is 0 Å². The van der Waals surface area contributed by atoms with Crippen molar-refractivity contribution in [2.45, 2.75) is 6.61 Å². The van der Waals surface area contributed by atoms with Crippen LogP contribution >= 0.6 is 0 Å². The molecule has 1 aromatic carbocycles. The molecule has 0 bridgehead atoms. The van der Waals surface area contributed by atoms with Crippen molar-refractivity contribution >= 4 is 10.9 Å². The second-order valence-corrected chi connectivity index (χ2v) is 4.00. The average molecular weight is 250 g/mol. The summed E-state index contributed by atoms with van der Waals surface area (Å²) >= 11 is 0. The molecule has 0 unspecified atom stereocenters. The lowest BCUT2D eigenvalue weighted by atomic mass is 10.1. The summed E-state index contributed by atoms with van der Waals surface area (Å²) < 4.78 is 10.9. The first-order valence-electron chi connectivity index (χ1n) is 5.81. The van der Waals surface area contributed by atoms with Crippen LogP contribution in [0.25, 0.3) is 10.9 Å². The van der Waals surface area contributed by atoms with Crippen LogP contribution in [0.4, 0.5) is 0 Å². The zero-order valence-corrected chi connectivity index (χ0v) is 10.0. The summed E-state index contributed by atoms with van der Waals surface area (Å²) in [6.07, 6.45) is 3.12. The molecule has 0 radical (unpaired) electrons. The van der Waals surface area contributed by atoms with Gasteiger partial charge in [0.2, 0.25) is 0 Å². The normalized spacial score (nSPS) is 10.3. The lowest BCUT2D eigenvalue weighted by Crippen LogP contribution is -1.98. The second kappa shape index (κ2) is 4.83. The Balaban J connectivity index is 2.02. The molecule has 2 heterocycles. The van der Waals surface area contributed by atoms with E-state index in [4.69, 9.17) is 14.4 Å². The van der Waals surface area contributed by atoms with Crippen molar-refractivity contribution in [1.29, 1.82) is 5.26 Å². The molecule has 3 aromatic rings. The highest BCUT2D eigenvalue weighted by Crippen LogP contribution is 2.28. The molecule has 0 atom stereocenters. The first-order chi connectivity index (χ1) is 9.38. The molecule has 0 saturated carbocycles. The minimum absolute atomic E-state index is 0.287. The van der Waals surface area contributed by atoms with Crippen LogP contribution in [0.1, 0.15) is 11.3 Å². The van der Waals surface area contributed by atoms with E-state index in [-0.39, 0.29) is 6.61 Å². The molecule has 0 saturated heterocycles. The van der Waals surface area contributed by atoms with Gasteiger partial charge >= 0.3 is 0 Å². The van der Waals surface area contributed by atoms with E-state index in [1.807, 2.05) is 30.3 Å². The van der Waals surface area contributed by atoms with Crippen molar-refractivity contribution < 1.29 is 9.15 Å². The van der Waals surface area contributed by atoms with Gasteiger partial charge in [0.15, 0.2) is 0 Å². The van der Waals surface area contributed by atoms with Crippen LogP contribution in [0.15, 0.2) is 53.3 Å². The van der Waals surface area contributed by atoms with E-state index in [9.17, 15) is 0 Å². The van der Waals surface area contributed by atoms with Gasteiger partial charge in [0.05, 0.1) is 11.8 Å². The zero-order valence-electron chi connectivity index (χ0n) is 10.0. The summed E-state index contributed by atoms with van der Waals surface area (Å²) in [4.78, 5) is 4.23. The Kier molecular flexibility index (Phi) is 2.87. The van der Waals surface area contributed by atoms with Gasteiger partial charge in [-0.2, -0.15) is 5.26 Å². The number of fused-ring (bicyclic) bond motifs is 1. The molecule has 19 heavy (non-hydrogen) atoms. The maximum atomic E-state index is 9.14. The van der Waals surface area contributed by atoms with Gasteiger partial charge in [-0.25, -0.2) is 0 Å². The molecule has 2 aromatic heterocycles. The van der Waals surface area contributed by atoms with E-state index in [0.717, 1.165) is 10.9 Å². The molecule has 4 nitrogen and oxygen atoms in total. The number of hydrogen-bond acceptors (Lipinski definition) is 4. The van der Waals surface area contributed by atoms with Crippen LogP contribution in [-0.2, 0) is 6.61 Å². The molecule has 0 aliphatic carbocycles. The number of hydrogen-bond donors (Lipinski definition) is 0. The molecule has 4 heteroatoms. The van der Waals surface area contributed by atoms with Gasteiger partial charge in [0, 0.05) is 11.6 Å². The third kappa shape index (κ3) is 2.14. The fourth-order valence-electron chi connectivity index (χ4n) is 1.89. The van der Waals surface area contributed by atoms with Crippen molar-refractivity contribution in [2.75, 3.05) is 0 Å². The Morgan fingerprint density at radius 1 is 1.21 bits per heavy atom. The number of furan rings is 1. The number of nitrogens with zero attached hydrogens (tertiary/aromatic N) is 2. The van der Waals surface area contributed by atoms with Crippen LogP contribution in [0.5, 0.6) is 5.75 Å². The number of para-hydroxylation sites is 1. The number of nitriles is 1. The van der Waals surface area contributed by atoms with Crippen molar-refractivity contribution in [3.8, 4) is 11.8 Å². The molecule has 0 amide bonds. The SMILES string of the molecule is N#Cc1cnc2ccccc2c1OCc1ccco1. The monoisotopic (exact) mass is 250 g/mol. The molecule has 0 N–H and O–H groups in total. The van der Waals surface area contributed by atoms with E-state index in [1.54, 1.807) is 12.3 Å². The third-order valence-electron chi connectivity index (χ3n) is 2.79. The first-order valence-corrected chi connectivity index (χ1v) is 5.81. The summed E-state index contributed by atoms with van der Waals surface area (Å²) in [5.41, 5.74) is 1.22. The summed E-state index contributed by atoms with van der Waals surface area (Å²) in [5, 5.41) is 9.97. The van der Waals surface area contributed by atoms with E-state index in [0.29, 0.717) is 17.1 Å². The smallest absolute Gasteiger partial charge is 0.148 e. The molecule has 0 spiro atoms. The fraction of sp³-hybridized carbons (Fsp3) is 0.0667. The van der Waals surface area contributed by atoms with E-state index < -0.39 is 0 Å². The number of benzene rings is 1. The molecule has 0 aliphatic rings. The number of rotatable bonds is 3. The Labute approximate surface area is 109 Å². The van der Waals surface area contributed by atoms with Crippen molar-refractivity contribution in [2.24, 2.45) is 0 Å². The Morgan fingerprint density at radius 3 is 2.89 bits per heavy atom. The molecular weight excluding hydrogens is 240 g/mol. The van der Waals surface area contributed by atoms with Gasteiger partial charge in [-0.1, -0.05) is 12.1 Å². The van der Waals surface area contributed by atoms with Crippen LogP contribution in [0.3, 0.4) is 0 Å². The van der Waals surface area contributed by atoms with Gasteiger partial charge in [-0.05, 0) is 24.3 Å². The summed E-state index contributed by atoms with van der Waals surface area (Å²) in [5.74, 6) is 1.26. The largest absolute Gasteiger partial charge is 0.483 e. The van der Waals surface area contributed by atoms with E-state index in [1.165, 1.54) is 6.20 Å². The van der Waals surface area contributed by atoms with Crippen LogP contribution in [-0.4, -0.2) is 4.98 Å². The van der Waals surface area contributed by atoms with E-state index in [2.05, 4.69) is 11.1 Å². The fourth-order valence-corrected chi connectivity index (χ4v) is 1.89. The molecule has 3 rings (SSSR count). The first kappa shape index (κ1) is 11.3. The minimum atomic E-state index is 0.287. The molecule has 92 valence electrons. The second-order valence-electron chi connectivity index (χ2n) is 4.00. The molecular formula is C15H10N2O2. The summed E-state index contributed by atoms with van der Waals surface area (Å²) in [6.45, 7) is 0.287. The maximum Gasteiger partial charge on any atom is 0.148 e. The molecule has 0 fully saturated rings. The third-order valence-corrected chi connectivity index (χ3v) is 2.79. The van der Waals surface area contributed by atoms with Crippen molar-refractivity contribution in [3.63, 3.8) is 0 Å². The highest BCUT2D eigenvalue weighted by Gasteiger charge is 2.10. The Morgan fingerprint density at radius 2 is 2.11 bits per heavy atom. The summed E-state index contributed by atoms with van der Waals surface area (Å²) in [7, 11) is 0. The number of aromatic nitrogens is 1. The van der Waals surface area contributed by atoms with Crippen molar-refractivity contribution in [1.82, 2.24) is 4.98 Å². The lowest BCUT2D eigenvalue weighted by molar-refractivity contribution is 0.272. The minimum Gasteiger partial charge on any atom is -0.483 e.